The first-order valence-corrected chi connectivity index (χ1v) is 11.3. The molecule has 0 spiro atoms. The van der Waals surface area contributed by atoms with E-state index in [0.717, 1.165) is 34.5 Å². The molecule has 3 aromatic rings. The van der Waals surface area contributed by atoms with Crippen LogP contribution >= 0.6 is 0 Å². The fourth-order valence-electron chi connectivity index (χ4n) is 4.84. The van der Waals surface area contributed by atoms with Crippen molar-refractivity contribution in [3.05, 3.63) is 88.3 Å². The van der Waals surface area contributed by atoms with Crippen molar-refractivity contribution in [2.45, 2.75) is 46.6 Å². The molecule has 33 heavy (non-hydrogen) atoms. The Hall–Kier alpha value is -3.67. The van der Waals surface area contributed by atoms with Gasteiger partial charge in [0.15, 0.2) is 5.78 Å². The summed E-state index contributed by atoms with van der Waals surface area (Å²) in [4.78, 5) is 26.5. The Morgan fingerprint density at radius 1 is 1.09 bits per heavy atom. The van der Waals surface area contributed by atoms with E-state index in [-0.39, 0.29) is 23.1 Å². The standard InChI is InChI=1S/C27H28N4O2/c1-16-10-11-19(12-17(16)2)29-26(33)20-15-28-31-24(18-8-6-5-7-9-18)23-21(30-25(20)31)13-27(3,4)14-22(23)32/h5-12,15,24,30H,13-14H2,1-4H3,(H,29,33). The van der Waals surface area contributed by atoms with Crippen molar-refractivity contribution < 1.29 is 9.59 Å². The summed E-state index contributed by atoms with van der Waals surface area (Å²) in [6, 6.07) is 15.4. The zero-order valence-corrected chi connectivity index (χ0v) is 19.4. The molecule has 0 saturated heterocycles. The summed E-state index contributed by atoms with van der Waals surface area (Å²) < 4.78 is 1.78. The number of Topliss-reactive ketones (excluding diaryl/α,β-unsaturated/α-hetero) is 1. The monoisotopic (exact) mass is 440 g/mol. The summed E-state index contributed by atoms with van der Waals surface area (Å²) >= 11 is 0. The number of anilines is 2. The molecule has 1 aliphatic heterocycles. The average Bonchev–Trinajstić information content (AvgIpc) is 3.18. The highest BCUT2D eigenvalue weighted by Crippen LogP contribution is 2.46. The number of allylic oxidation sites excluding steroid dienone is 2. The maximum atomic E-state index is 13.3. The van der Waals surface area contributed by atoms with E-state index < -0.39 is 0 Å². The van der Waals surface area contributed by atoms with E-state index in [0.29, 0.717) is 17.8 Å². The molecule has 1 atom stereocenters. The molecule has 1 amide bonds. The van der Waals surface area contributed by atoms with Crippen molar-refractivity contribution in [2.24, 2.45) is 5.41 Å². The first kappa shape index (κ1) is 21.2. The molecule has 0 saturated carbocycles. The summed E-state index contributed by atoms with van der Waals surface area (Å²) in [5, 5.41) is 11.0. The number of nitrogens with zero attached hydrogens (tertiary/aromatic N) is 2. The van der Waals surface area contributed by atoms with Gasteiger partial charge in [0, 0.05) is 23.4 Å². The maximum absolute atomic E-state index is 13.3. The van der Waals surface area contributed by atoms with Crippen LogP contribution in [0.3, 0.4) is 0 Å². The normalized spacial score (nSPS) is 18.9. The highest BCUT2D eigenvalue weighted by molar-refractivity contribution is 6.08. The van der Waals surface area contributed by atoms with E-state index in [4.69, 9.17) is 0 Å². The topological polar surface area (TPSA) is 76.0 Å². The van der Waals surface area contributed by atoms with Gasteiger partial charge in [0.2, 0.25) is 0 Å². The van der Waals surface area contributed by atoms with Crippen molar-refractivity contribution in [2.75, 3.05) is 10.6 Å². The highest BCUT2D eigenvalue weighted by Gasteiger charge is 2.42. The Kier molecular flexibility index (Phi) is 4.96. The maximum Gasteiger partial charge on any atom is 0.261 e. The number of hydrogen-bond acceptors (Lipinski definition) is 4. The molecule has 2 aliphatic rings. The third-order valence-electron chi connectivity index (χ3n) is 6.63. The minimum atomic E-state index is -0.357. The van der Waals surface area contributed by atoms with Crippen LogP contribution in [0.4, 0.5) is 11.5 Å². The number of benzene rings is 2. The number of hydrogen-bond donors (Lipinski definition) is 2. The van der Waals surface area contributed by atoms with Crippen LogP contribution in [0.15, 0.2) is 66.0 Å². The van der Waals surface area contributed by atoms with Gasteiger partial charge in [-0.05, 0) is 54.5 Å². The fraction of sp³-hybridized carbons (Fsp3) is 0.296. The largest absolute Gasteiger partial charge is 0.343 e. The van der Waals surface area contributed by atoms with E-state index in [9.17, 15) is 9.59 Å². The Morgan fingerprint density at radius 3 is 2.58 bits per heavy atom. The van der Waals surface area contributed by atoms with E-state index in [2.05, 4.69) is 29.6 Å². The summed E-state index contributed by atoms with van der Waals surface area (Å²) in [7, 11) is 0. The molecule has 2 aromatic carbocycles. The zero-order valence-electron chi connectivity index (χ0n) is 19.4. The molecule has 168 valence electrons. The smallest absolute Gasteiger partial charge is 0.261 e. The molecule has 0 fully saturated rings. The third-order valence-corrected chi connectivity index (χ3v) is 6.63. The summed E-state index contributed by atoms with van der Waals surface area (Å²) in [5.41, 5.74) is 5.95. The molecule has 2 heterocycles. The molecule has 2 N–H and O–H groups in total. The van der Waals surface area contributed by atoms with Crippen molar-refractivity contribution >= 4 is 23.2 Å². The Labute approximate surface area is 193 Å². The lowest BCUT2D eigenvalue weighted by atomic mass is 9.73. The number of carbonyl (C=O) groups is 2. The van der Waals surface area contributed by atoms with Crippen LogP contribution in [0.2, 0.25) is 0 Å². The van der Waals surface area contributed by atoms with Crippen molar-refractivity contribution in [1.82, 2.24) is 9.78 Å². The van der Waals surface area contributed by atoms with Gasteiger partial charge in [-0.25, -0.2) is 4.68 Å². The summed E-state index contributed by atoms with van der Waals surface area (Å²) in [5.74, 6) is 0.517. The van der Waals surface area contributed by atoms with E-state index in [1.54, 1.807) is 10.9 Å². The molecular weight excluding hydrogens is 412 g/mol. The predicted octanol–water partition coefficient (Wildman–Crippen LogP) is 5.41. The second-order valence-corrected chi connectivity index (χ2v) is 9.88. The molecular formula is C27H28N4O2. The first-order chi connectivity index (χ1) is 15.7. The van der Waals surface area contributed by atoms with Gasteiger partial charge < -0.3 is 10.6 Å². The lowest BCUT2D eigenvalue weighted by Gasteiger charge is -2.39. The van der Waals surface area contributed by atoms with Gasteiger partial charge >= 0.3 is 0 Å². The van der Waals surface area contributed by atoms with Gasteiger partial charge in [-0.1, -0.05) is 50.2 Å². The number of ketones is 1. The Bertz CT molecular complexity index is 1300. The molecule has 1 aromatic heterocycles. The molecule has 0 bridgehead atoms. The lowest BCUT2D eigenvalue weighted by molar-refractivity contribution is -0.118. The van der Waals surface area contributed by atoms with Crippen molar-refractivity contribution in [3.63, 3.8) is 0 Å². The zero-order chi connectivity index (χ0) is 23.3. The molecule has 1 unspecified atom stereocenters. The number of amides is 1. The van der Waals surface area contributed by atoms with E-state index in [1.165, 1.54) is 5.56 Å². The van der Waals surface area contributed by atoms with Crippen LogP contribution in [0.1, 0.15) is 59.8 Å². The molecule has 6 nitrogen and oxygen atoms in total. The molecule has 5 rings (SSSR count). The third kappa shape index (κ3) is 3.75. The number of rotatable bonds is 3. The highest BCUT2D eigenvalue weighted by atomic mass is 16.1. The van der Waals surface area contributed by atoms with Gasteiger partial charge in [-0.2, -0.15) is 5.10 Å². The second kappa shape index (κ2) is 7.73. The molecule has 6 heteroatoms. The number of aromatic nitrogens is 2. The van der Waals surface area contributed by atoms with Gasteiger partial charge in [-0.15, -0.1) is 0 Å². The van der Waals surface area contributed by atoms with Gasteiger partial charge in [-0.3, -0.25) is 9.59 Å². The number of carbonyl (C=O) groups excluding carboxylic acids is 2. The van der Waals surface area contributed by atoms with Gasteiger partial charge in [0.25, 0.3) is 5.91 Å². The first-order valence-electron chi connectivity index (χ1n) is 11.3. The van der Waals surface area contributed by atoms with Crippen LogP contribution in [0, 0.1) is 19.3 Å². The quantitative estimate of drug-likeness (QED) is 0.571. The van der Waals surface area contributed by atoms with Crippen LogP contribution in [-0.2, 0) is 4.79 Å². The lowest BCUT2D eigenvalue weighted by Crippen LogP contribution is -2.36. The Morgan fingerprint density at radius 2 is 1.85 bits per heavy atom. The van der Waals surface area contributed by atoms with Gasteiger partial charge in [0.1, 0.15) is 17.4 Å². The van der Waals surface area contributed by atoms with Crippen LogP contribution in [-0.4, -0.2) is 21.5 Å². The van der Waals surface area contributed by atoms with Crippen molar-refractivity contribution in [3.8, 4) is 0 Å². The predicted molar refractivity (Wildman–Crippen MR) is 129 cm³/mol. The average molecular weight is 441 g/mol. The summed E-state index contributed by atoms with van der Waals surface area (Å²) in [6.07, 6.45) is 2.82. The van der Waals surface area contributed by atoms with Crippen LogP contribution < -0.4 is 10.6 Å². The number of aryl methyl sites for hydroxylation is 2. The van der Waals surface area contributed by atoms with Gasteiger partial charge in [0.05, 0.1) is 6.20 Å². The van der Waals surface area contributed by atoms with E-state index in [1.807, 2.05) is 62.4 Å². The number of fused-ring (bicyclic) bond motifs is 1. The Balaban J connectivity index is 1.57. The van der Waals surface area contributed by atoms with Crippen molar-refractivity contribution in [1.29, 1.82) is 0 Å². The molecule has 1 aliphatic carbocycles. The minimum absolute atomic E-state index is 0.130. The van der Waals surface area contributed by atoms with E-state index >= 15 is 0 Å². The molecule has 0 radical (unpaired) electrons. The summed E-state index contributed by atoms with van der Waals surface area (Å²) in [6.45, 7) is 8.27. The SMILES string of the molecule is Cc1ccc(NC(=O)c2cnn3c2NC2=C(C(=O)CC(C)(C)C2)C3c2ccccc2)cc1C. The number of nitrogens with one attached hydrogen (secondary N) is 2. The fourth-order valence-corrected chi connectivity index (χ4v) is 4.84. The van der Waals surface area contributed by atoms with Crippen LogP contribution in [0.5, 0.6) is 0 Å². The second-order valence-electron chi connectivity index (χ2n) is 9.88. The van der Waals surface area contributed by atoms with Crippen LogP contribution in [0.25, 0.3) is 0 Å². The minimum Gasteiger partial charge on any atom is -0.343 e.